The molecule has 0 radical (unpaired) electrons. The lowest BCUT2D eigenvalue weighted by Crippen LogP contribution is -2.51. The molecule has 6 heteroatoms. The van der Waals surface area contributed by atoms with Gasteiger partial charge in [0.05, 0.1) is 13.2 Å². The number of rotatable bonds is 5. The summed E-state index contributed by atoms with van der Waals surface area (Å²) in [7, 11) is 0. The predicted molar refractivity (Wildman–Crippen MR) is 109 cm³/mol. The molecule has 0 unspecified atom stereocenters. The fraction of sp³-hybridized carbons (Fsp3) is 0.667. The molecule has 3 rings (SSSR count). The van der Waals surface area contributed by atoms with Crippen molar-refractivity contribution in [1.82, 2.24) is 15.1 Å². The van der Waals surface area contributed by atoms with Crippen LogP contribution in [0, 0.1) is 6.92 Å². The summed E-state index contributed by atoms with van der Waals surface area (Å²) < 4.78 is 5.44. The largest absolute Gasteiger partial charge is 0.379 e. The van der Waals surface area contributed by atoms with E-state index in [0.29, 0.717) is 12.6 Å². The second kappa shape index (κ2) is 9.95. The Morgan fingerprint density at radius 3 is 2.63 bits per heavy atom. The van der Waals surface area contributed by atoms with Crippen molar-refractivity contribution in [2.45, 2.75) is 32.7 Å². The van der Waals surface area contributed by atoms with Crippen LogP contribution in [0.1, 0.15) is 25.3 Å². The molecule has 0 saturated carbocycles. The van der Waals surface area contributed by atoms with Crippen molar-refractivity contribution in [3.05, 3.63) is 29.8 Å². The van der Waals surface area contributed by atoms with Crippen molar-refractivity contribution in [2.75, 3.05) is 63.9 Å². The molecule has 27 heavy (non-hydrogen) atoms. The van der Waals surface area contributed by atoms with E-state index in [4.69, 9.17) is 4.74 Å². The van der Waals surface area contributed by atoms with Crippen LogP contribution in [0.15, 0.2) is 24.3 Å². The predicted octanol–water partition coefficient (Wildman–Crippen LogP) is 2.33. The van der Waals surface area contributed by atoms with Gasteiger partial charge in [-0.25, -0.2) is 4.79 Å². The number of para-hydroxylation sites is 1. The minimum absolute atomic E-state index is 0.0772. The zero-order chi connectivity index (χ0) is 19.1. The SMILES string of the molecule is CC[C@H](CNC(=O)N1CCCN(c2ccccc2C)CC1)N1CCOCC1. The number of carbonyl (C=O) groups is 1. The summed E-state index contributed by atoms with van der Waals surface area (Å²) in [5.41, 5.74) is 2.59. The Hall–Kier alpha value is -1.79. The fourth-order valence-electron chi connectivity index (χ4n) is 4.07. The number of benzene rings is 1. The molecule has 1 atom stereocenters. The smallest absolute Gasteiger partial charge is 0.317 e. The molecule has 2 heterocycles. The fourth-order valence-corrected chi connectivity index (χ4v) is 4.07. The summed E-state index contributed by atoms with van der Waals surface area (Å²) in [5.74, 6) is 0. The van der Waals surface area contributed by atoms with Crippen LogP contribution in [-0.2, 0) is 4.74 Å². The average Bonchev–Trinajstić information content (AvgIpc) is 2.96. The molecule has 0 aromatic heterocycles. The van der Waals surface area contributed by atoms with Crippen LogP contribution < -0.4 is 10.2 Å². The number of nitrogens with zero attached hydrogens (tertiary/aromatic N) is 3. The second-order valence-electron chi connectivity index (χ2n) is 7.51. The first kappa shape index (κ1) is 20.0. The number of morpholine rings is 1. The summed E-state index contributed by atoms with van der Waals surface area (Å²) in [6, 6.07) is 8.98. The van der Waals surface area contributed by atoms with E-state index in [1.54, 1.807) is 0 Å². The number of urea groups is 1. The molecular weight excluding hydrogens is 340 g/mol. The van der Waals surface area contributed by atoms with Gasteiger partial charge in [-0.1, -0.05) is 25.1 Å². The Labute approximate surface area is 163 Å². The van der Waals surface area contributed by atoms with Gasteiger partial charge in [-0.05, 0) is 31.4 Å². The highest BCUT2D eigenvalue weighted by Gasteiger charge is 2.23. The zero-order valence-corrected chi connectivity index (χ0v) is 16.8. The summed E-state index contributed by atoms with van der Waals surface area (Å²) in [6.07, 6.45) is 2.05. The number of hydrogen-bond acceptors (Lipinski definition) is 4. The van der Waals surface area contributed by atoms with Crippen LogP contribution in [0.5, 0.6) is 0 Å². The van der Waals surface area contributed by atoms with Crippen molar-refractivity contribution in [3.8, 4) is 0 Å². The first-order valence-corrected chi connectivity index (χ1v) is 10.3. The molecule has 0 aliphatic carbocycles. The van der Waals surface area contributed by atoms with E-state index in [-0.39, 0.29) is 6.03 Å². The lowest BCUT2D eigenvalue weighted by molar-refractivity contribution is 0.0162. The Bertz CT molecular complexity index is 604. The van der Waals surface area contributed by atoms with Gasteiger partial charge in [0.2, 0.25) is 0 Å². The molecule has 1 aromatic rings. The van der Waals surface area contributed by atoms with Gasteiger partial charge in [-0.2, -0.15) is 0 Å². The number of hydrogen-bond donors (Lipinski definition) is 1. The van der Waals surface area contributed by atoms with Crippen molar-refractivity contribution in [3.63, 3.8) is 0 Å². The van der Waals surface area contributed by atoms with Crippen molar-refractivity contribution >= 4 is 11.7 Å². The summed E-state index contributed by atoms with van der Waals surface area (Å²) >= 11 is 0. The maximum atomic E-state index is 12.7. The van der Waals surface area contributed by atoms with E-state index in [1.807, 2.05) is 4.90 Å². The Morgan fingerprint density at radius 2 is 1.89 bits per heavy atom. The highest BCUT2D eigenvalue weighted by molar-refractivity contribution is 5.74. The Kier molecular flexibility index (Phi) is 7.35. The maximum absolute atomic E-state index is 12.7. The summed E-state index contributed by atoms with van der Waals surface area (Å²) in [6.45, 7) is 12.1. The van der Waals surface area contributed by atoms with E-state index < -0.39 is 0 Å². The van der Waals surface area contributed by atoms with E-state index in [0.717, 1.165) is 65.3 Å². The third kappa shape index (κ3) is 5.36. The monoisotopic (exact) mass is 374 g/mol. The Balaban J connectivity index is 1.49. The van der Waals surface area contributed by atoms with Gasteiger partial charge in [0, 0.05) is 57.5 Å². The van der Waals surface area contributed by atoms with Crippen LogP contribution in [0.3, 0.4) is 0 Å². The van der Waals surface area contributed by atoms with Crippen LogP contribution in [0.25, 0.3) is 0 Å². The van der Waals surface area contributed by atoms with Gasteiger partial charge in [0.1, 0.15) is 0 Å². The molecule has 2 amide bonds. The minimum atomic E-state index is 0.0772. The number of aryl methyl sites for hydroxylation is 1. The van der Waals surface area contributed by atoms with E-state index >= 15 is 0 Å². The summed E-state index contributed by atoms with van der Waals surface area (Å²) in [4.78, 5) is 19.5. The van der Waals surface area contributed by atoms with E-state index in [1.165, 1.54) is 11.3 Å². The third-order valence-corrected chi connectivity index (χ3v) is 5.76. The number of ether oxygens (including phenoxy) is 1. The van der Waals surface area contributed by atoms with Crippen molar-refractivity contribution < 1.29 is 9.53 Å². The molecule has 2 aliphatic heterocycles. The standard InChI is InChI=1S/C21H34N4O2/c1-3-19(23-13-15-27-16-14-23)17-22-21(26)25-10-6-9-24(11-12-25)20-8-5-4-7-18(20)2/h4-5,7-8,19H,3,6,9-17H2,1-2H3,(H,22,26)/t19-/m1/s1. The van der Waals surface area contributed by atoms with E-state index in [9.17, 15) is 4.79 Å². The molecule has 6 nitrogen and oxygen atoms in total. The second-order valence-corrected chi connectivity index (χ2v) is 7.51. The normalized spacial score (nSPS) is 20.2. The van der Waals surface area contributed by atoms with Crippen LogP contribution >= 0.6 is 0 Å². The molecule has 1 aromatic carbocycles. The van der Waals surface area contributed by atoms with Crippen molar-refractivity contribution in [2.24, 2.45) is 0 Å². The molecule has 2 aliphatic rings. The molecule has 2 saturated heterocycles. The van der Waals surface area contributed by atoms with Crippen molar-refractivity contribution in [1.29, 1.82) is 0 Å². The number of amides is 2. The third-order valence-electron chi connectivity index (χ3n) is 5.76. The zero-order valence-electron chi connectivity index (χ0n) is 16.8. The first-order valence-electron chi connectivity index (χ1n) is 10.3. The highest BCUT2D eigenvalue weighted by Crippen LogP contribution is 2.20. The van der Waals surface area contributed by atoms with Crippen LogP contribution in [0.2, 0.25) is 0 Å². The number of nitrogens with one attached hydrogen (secondary N) is 1. The molecule has 0 bridgehead atoms. The van der Waals surface area contributed by atoms with Gasteiger partial charge in [0.25, 0.3) is 0 Å². The minimum Gasteiger partial charge on any atom is -0.379 e. The van der Waals surface area contributed by atoms with E-state index in [2.05, 4.69) is 53.2 Å². The van der Waals surface area contributed by atoms with Gasteiger partial charge >= 0.3 is 6.03 Å². The van der Waals surface area contributed by atoms with Gasteiger partial charge in [0.15, 0.2) is 0 Å². The molecule has 1 N–H and O–H groups in total. The van der Waals surface area contributed by atoms with Gasteiger partial charge in [-0.3, -0.25) is 4.90 Å². The number of carbonyl (C=O) groups excluding carboxylic acids is 1. The molecule has 0 spiro atoms. The summed E-state index contributed by atoms with van der Waals surface area (Å²) in [5, 5.41) is 3.18. The molecule has 2 fully saturated rings. The average molecular weight is 375 g/mol. The first-order chi connectivity index (χ1) is 13.2. The van der Waals surface area contributed by atoms with Crippen LogP contribution in [-0.4, -0.2) is 80.9 Å². The van der Waals surface area contributed by atoms with Crippen LogP contribution in [0.4, 0.5) is 10.5 Å². The van der Waals surface area contributed by atoms with Gasteiger partial charge in [-0.15, -0.1) is 0 Å². The topological polar surface area (TPSA) is 48.1 Å². The Morgan fingerprint density at radius 1 is 1.11 bits per heavy atom. The lowest BCUT2D eigenvalue weighted by atomic mass is 10.2. The maximum Gasteiger partial charge on any atom is 0.317 e. The number of anilines is 1. The quantitative estimate of drug-likeness (QED) is 0.859. The molecule has 150 valence electrons. The lowest BCUT2D eigenvalue weighted by Gasteiger charge is -2.34. The highest BCUT2D eigenvalue weighted by atomic mass is 16.5. The van der Waals surface area contributed by atoms with Gasteiger partial charge < -0.3 is 19.9 Å². The molecular formula is C21H34N4O2.